The van der Waals surface area contributed by atoms with Crippen LogP contribution >= 0.6 is 0 Å². The van der Waals surface area contributed by atoms with Gasteiger partial charge in [0.2, 0.25) is 15.9 Å². The topological polar surface area (TPSA) is 82.6 Å². The average molecular weight is 485 g/mol. The van der Waals surface area contributed by atoms with E-state index in [4.69, 9.17) is 0 Å². The van der Waals surface area contributed by atoms with Gasteiger partial charge in [-0.15, -0.1) is 0 Å². The number of aromatic nitrogens is 1. The third kappa shape index (κ3) is 5.78. The van der Waals surface area contributed by atoms with Crippen molar-refractivity contribution in [2.24, 2.45) is 5.92 Å². The Morgan fingerprint density at radius 2 is 1.68 bits per heavy atom. The van der Waals surface area contributed by atoms with Gasteiger partial charge in [0.1, 0.15) is 5.82 Å². The van der Waals surface area contributed by atoms with E-state index in [9.17, 15) is 13.2 Å². The van der Waals surface area contributed by atoms with E-state index >= 15 is 0 Å². The highest BCUT2D eigenvalue weighted by Gasteiger charge is 2.32. The van der Waals surface area contributed by atoms with Gasteiger partial charge in [-0.25, -0.2) is 13.4 Å². The molecule has 0 radical (unpaired) electrons. The smallest absolute Gasteiger partial charge is 0.243 e. The predicted molar refractivity (Wildman–Crippen MR) is 134 cm³/mol. The monoisotopic (exact) mass is 484 g/mol. The molecule has 1 aromatic heterocycles. The lowest BCUT2D eigenvalue weighted by Gasteiger charge is -2.30. The Morgan fingerprint density at radius 3 is 2.29 bits per heavy atom. The molecule has 0 spiro atoms. The van der Waals surface area contributed by atoms with Crippen LogP contribution in [-0.4, -0.2) is 49.8 Å². The van der Waals surface area contributed by atoms with E-state index in [0.29, 0.717) is 37.4 Å². The maximum atomic E-state index is 13.0. The molecule has 1 amide bonds. The molecule has 2 saturated heterocycles. The summed E-state index contributed by atoms with van der Waals surface area (Å²) in [7, 11) is -3.53. The second-order valence-corrected chi connectivity index (χ2v) is 11.5. The lowest BCUT2D eigenvalue weighted by atomic mass is 9.97. The first-order valence-electron chi connectivity index (χ1n) is 12.4. The van der Waals surface area contributed by atoms with Crippen molar-refractivity contribution in [3.8, 4) is 0 Å². The number of sulfonamides is 1. The minimum atomic E-state index is -3.53. The Bertz CT molecular complexity index is 1090. The van der Waals surface area contributed by atoms with Crippen molar-refractivity contribution in [2.45, 2.75) is 63.8 Å². The predicted octanol–water partition coefficient (Wildman–Crippen LogP) is 3.80. The van der Waals surface area contributed by atoms with Crippen LogP contribution in [0.15, 0.2) is 41.4 Å². The quantitative estimate of drug-likeness (QED) is 0.675. The van der Waals surface area contributed by atoms with Crippen molar-refractivity contribution in [3.05, 3.63) is 53.2 Å². The number of benzene rings is 1. The highest BCUT2D eigenvalue weighted by molar-refractivity contribution is 7.89. The van der Waals surface area contributed by atoms with Crippen LogP contribution in [0.1, 0.15) is 55.2 Å². The van der Waals surface area contributed by atoms with E-state index in [1.807, 2.05) is 38.2 Å². The van der Waals surface area contributed by atoms with Crippen LogP contribution in [0.3, 0.4) is 0 Å². The van der Waals surface area contributed by atoms with Gasteiger partial charge in [0.05, 0.1) is 4.90 Å². The second kappa shape index (κ2) is 10.9. The fourth-order valence-electron chi connectivity index (χ4n) is 4.72. The lowest BCUT2D eigenvalue weighted by molar-refractivity contribution is -0.126. The van der Waals surface area contributed by atoms with Crippen LogP contribution in [0.4, 0.5) is 5.82 Å². The summed E-state index contributed by atoms with van der Waals surface area (Å²) in [6, 6.07) is 9.32. The van der Waals surface area contributed by atoms with E-state index in [1.54, 1.807) is 12.1 Å². The maximum Gasteiger partial charge on any atom is 0.243 e. The van der Waals surface area contributed by atoms with Gasteiger partial charge in [-0.05, 0) is 74.4 Å². The molecule has 1 N–H and O–H groups in total. The zero-order valence-corrected chi connectivity index (χ0v) is 21.1. The number of hydrogen-bond donors (Lipinski definition) is 1. The van der Waals surface area contributed by atoms with Gasteiger partial charge in [-0.3, -0.25) is 4.79 Å². The molecule has 184 valence electrons. The van der Waals surface area contributed by atoms with Gasteiger partial charge in [-0.1, -0.05) is 25.0 Å². The summed E-state index contributed by atoms with van der Waals surface area (Å²) in [6.07, 6.45) is 7.91. The van der Waals surface area contributed by atoms with Crippen LogP contribution in [0.5, 0.6) is 0 Å². The molecular weight excluding hydrogens is 448 g/mol. The van der Waals surface area contributed by atoms with Gasteiger partial charge in [0, 0.05) is 44.8 Å². The van der Waals surface area contributed by atoms with E-state index in [0.717, 1.165) is 35.6 Å². The molecule has 2 aliphatic rings. The zero-order valence-electron chi connectivity index (χ0n) is 20.3. The minimum absolute atomic E-state index is 0.0141. The van der Waals surface area contributed by atoms with Gasteiger partial charge in [0.25, 0.3) is 0 Å². The molecule has 2 fully saturated rings. The molecule has 0 aliphatic carbocycles. The number of rotatable bonds is 6. The van der Waals surface area contributed by atoms with Crippen molar-refractivity contribution >= 4 is 21.7 Å². The summed E-state index contributed by atoms with van der Waals surface area (Å²) in [5, 5.41) is 3.02. The third-order valence-corrected chi connectivity index (χ3v) is 9.04. The first-order valence-corrected chi connectivity index (χ1v) is 13.8. The molecule has 4 rings (SSSR count). The van der Waals surface area contributed by atoms with Crippen LogP contribution in [0, 0.1) is 19.8 Å². The van der Waals surface area contributed by atoms with Gasteiger partial charge in [-0.2, -0.15) is 4.31 Å². The Kier molecular flexibility index (Phi) is 7.88. The number of carbonyl (C=O) groups is 1. The Hall–Kier alpha value is -2.45. The second-order valence-electron chi connectivity index (χ2n) is 9.57. The first kappa shape index (κ1) is 24.7. The van der Waals surface area contributed by atoms with Crippen molar-refractivity contribution in [1.82, 2.24) is 14.6 Å². The maximum absolute atomic E-state index is 13.0. The van der Waals surface area contributed by atoms with Crippen molar-refractivity contribution in [2.75, 3.05) is 31.1 Å². The number of nitrogens with one attached hydrogen (secondary N) is 1. The molecule has 2 aliphatic heterocycles. The molecule has 0 bridgehead atoms. The Morgan fingerprint density at radius 1 is 0.971 bits per heavy atom. The van der Waals surface area contributed by atoms with Crippen LogP contribution < -0.4 is 10.2 Å². The van der Waals surface area contributed by atoms with Crippen LogP contribution in [0.2, 0.25) is 0 Å². The Labute approximate surface area is 203 Å². The highest BCUT2D eigenvalue weighted by atomic mass is 32.2. The summed E-state index contributed by atoms with van der Waals surface area (Å²) in [5.41, 5.74) is 3.01. The number of nitrogens with zero attached hydrogens (tertiary/aromatic N) is 3. The third-order valence-electron chi connectivity index (χ3n) is 7.15. The number of hydrogen-bond acceptors (Lipinski definition) is 5. The minimum Gasteiger partial charge on any atom is -0.357 e. The first-order chi connectivity index (χ1) is 16.3. The molecule has 8 heteroatoms. The molecule has 34 heavy (non-hydrogen) atoms. The van der Waals surface area contributed by atoms with Crippen molar-refractivity contribution < 1.29 is 13.2 Å². The molecule has 1 aromatic carbocycles. The SMILES string of the molecule is Cc1ccc(S(=O)(=O)N2CCC(C(=O)NCc3ccc(N4CCCCCC4)nc3)CC2)cc1C. The van der Waals surface area contributed by atoms with Gasteiger partial charge >= 0.3 is 0 Å². The molecule has 0 saturated carbocycles. The number of carbonyl (C=O) groups excluding carboxylic acids is 1. The number of piperidine rings is 1. The van der Waals surface area contributed by atoms with E-state index in [2.05, 4.69) is 15.2 Å². The number of amides is 1. The zero-order chi connectivity index (χ0) is 24.1. The van der Waals surface area contributed by atoms with Crippen LogP contribution in [-0.2, 0) is 21.4 Å². The number of aryl methyl sites for hydroxylation is 2. The lowest BCUT2D eigenvalue weighted by Crippen LogP contribution is -2.42. The molecule has 3 heterocycles. The number of pyridine rings is 1. The number of anilines is 1. The standard InChI is InChI=1S/C26H36N4O3S/c1-20-7-9-24(17-21(20)2)34(32,33)30-15-11-23(12-16-30)26(31)28-19-22-8-10-25(27-18-22)29-13-5-3-4-6-14-29/h7-10,17-18,23H,3-6,11-16,19H2,1-2H3,(H,28,31). The summed E-state index contributed by atoms with van der Waals surface area (Å²) in [5.74, 6) is 0.824. The Balaban J connectivity index is 1.27. The van der Waals surface area contributed by atoms with E-state index in [1.165, 1.54) is 30.0 Å². The largest absolute Gasteiger partial charge is 0.357 e. The fourth-order valence-corrected chi connectivity index (χ4v) is 6.28. The summed E-state index contributed by atoms with van der Waals surface area (Å²) >= 11 is 0. The molecule has 0 unspecified atom stereocenters. The molecular formula is C26H36N4O3S. The van der Waals surface area contributed by atoms with Crippen molar-refractivity contribution in [1.29, 1.82) is 0 Å². The normalized spacial score (nSPS) is 18.5. The van der Waals surface area contributed by atoms with E-state index in [-0.39, 0.29) is 11.8 Å². The summed E-state index contributed by atoms with van der Waals surface area (Å²) in [4.78, 5) is 20.0. The molecule has 0 atom stereocenters. The molecule has 7 nitrogen and oxygen atoms in total. The van der Waals surface area contributed by atoms with Crippen LogP contribution in [0.25, 0.3) is 0 Å². The summed E-state index contributed by atoms with van der Waals surface area (Å²) < 4.78 is 27.5. The van der Waals surface area contributed by atoms with E-state index < -0.39 is 10.0 Å². The van der Waals surface area contributed by atoms with Gasteiger partial charge in [0.15, 0.2) is 0 Å². The fraction of sp³-hybridized carbons (Fsp3) is 0.538. The van der Waals surface area contributed by atoms with Crippen molar-refractivity contribution in [3.63, 3.8) is 0 Å². The highest BCUT2D eigenvalue weighted by Crippen LogP contribution is 2.25. The summed E-state index contributed by atoms with van der Waals surface area (Å²) in [6.45, 7) is 7.16. The van der Waals surface area contributed by atoms with Gasteiger partial charge < -0.3 is 10.2 Å². The average Bonchev–Trinajstić information content (AvgIpc) is 3.14. The molecule has 2 aromatic rings.